The van der Waals surface area contributed by atoms with Gasteiger partial charge in [-0.15, -0.1) is 0 Å². The fourth-order valence-electron chi connectivity index (χ4n) is 21.6. The van der Waals surface area contributed by atoms with Gasteiger partial charge >= 0.3 is 0 Å². The van der Waals surface area contributed by atoms with Crippen LogP contribution in [0.4, 0.5) is 34.1 Å². The van der Waals surface area contributed by atoms with Crippen LogP contribution in [0.3, 0.4) is 0 Å². The van der Waals surface area contributed by atoms with Gasteiger partial charge in [0.05, 0.1) is 55.5 Å². The summed E-state index contributed by atoms with van der Waals surface area (Å²) in [7, 11) is 0. The Morgan fingerprint density at radius 3 is 1.16 bits per heavy atom. The van der Waals surface area contributed by atoms with Crippen LogP contribution in [0.5, 0.6) is 0 Å². The molecule has 0 saturated heterocycles. The molecule has 0 radical (unpaired) electrons. The van der Waals surface area contributed by atoms with Crippen LogP contribution in [0, 0.1) is 0 Å². The molecular formula is C123H105BN4. The van der Waals surface area contributed by atoms with Crippen LogP contribution in [0.15, 0.2) is 364 Å². The highest BCUT2D eigenvalue weighted by Gasteiger charge is 2.54. The van der Waals surface area contributed by atoms with Crippen LogP contribution in [0.25, 0.3) is 133 Å². The van der Waals surface area contributed by atoms with Crippen LogP contribution in [-0.2, 0) is 32.5 Å². The molecule has 2 aliphatic heterocycles. The first-order valence-electron chi connectivity index (χ1n) is 49.2. The standard InChI is InChI=1S/C123H105BN4/c1-118(2,3)82-52-60-106(94(68-82)77-37-22-17-23-38-77)127-112-73-87(125-107-61-53-83(119(4,5)6)69-97(107)98-70-84(120(7,8)9)54-62-108(98)125)57-58-104(112)124-105-67-80(89-46-34-47-93-92-45-30-33-50-103(92)123(115(89)93)101-48-31-28-43-90(101)91-44-29-32-49-102(91)123)51-59-111(105)128(117-95(78-39-24-18-25-40-78)65-81(76-35-20-16-21-36-76)66-96(117)79-41-26-19-27-42-79)114-75-88(74-113(127)116(114)124)126-109-63-55-85(121(10,11)12)71-99(109)100-72-86(122(13,14)15)56-64-110(100)126/h16-75H,1-15H3/i28D,29D,31D,32D,43D,44D,48D,49D. The van der Waals surface area contributed by atoms with E-state index >= 15 is 0 Å². The molecule has 620 valence electrons. The minimum atomic E-state index is -1.72. The Morgan fingerprint density at radius 2 is 0.656 bits per heavy atom. The molecule has 4 aliphatic rings. The molecule has 0 fully saturated rings. The average molecular weight is 1660 g/mol. The molecule has 0 unspecified atom stereocenters. The Balaban J connectivity index is 0.919. The van der Waals surface area contributed by atoms with Gasteiger partial charge in [-0.1, -0.05) is 365 Å². The molecule has 2 aromatic heterocycles. The number of rotatable bonds is 9. The van der Waals surface area contributed by atoms with E-state index in [-0.39, 0.29) is 73.5 Å². The summed E-state index contributed by atoms with van der Waals surface area (Å²) in [5.74, 6) is 0. The van der Waals surface area contributed by atoms with Crippen molar-refractivity contribution in [1.82, 2.24) is 9.13 Å². The largest absolute Gasteiger partial charge is 0.311 e. The summed E-state index contributed by atoms with van der Waals surface area (Å²) in [5.41, 5.74) is 31.8. The number of aromatic nitrogens is 2. The Bertz CT molecular complexity index is 8070. The predicted molar refractivity (Wildman–Crippen MR) is 546 cm³/mol. The molecule has 4 heterocycles. The monoisotopic (exact) mass is 1660 g/mol. The van der Waals surface area contributed by atoms with Crippen LogP contribution in [0.2, 0.25) is 0 Å². The third-order valence-electron chi connectivity index (χ3n) is 28.1. The van der Waals surface area contributed by atoms with Crippen molar-refractivity contribution in [2.45, 2.75) is 136 Å². The molecule has 2 aliphatic carbocycles. The summed E-state index contributed by atoms with van der Waals surface area (Å²) in [5, 5.41) is 4.69. The fourth-order valence-corrected chi connectivity index (χ4v) is 21.6. The minimum Gasteiger partial charge on any atom is -0.311 e. The summed E-state index contributed by atoms with van der Waals surface area (Å²) in [6.45, 7) is 34.0. The zero-order chi connectivity index (χ0) is 94.5. The second-order valence-corrected chi connectivity index (χ2v) is 41.0. The zero-order valence-corrected chi connectivity index (χ0v) is 75.4. The highest BCUT2D eigenvalue weighted by Crippen LogP contribution is 2.65. The maximum absolute atomic E-state index is 10.4. The molecule has 5 heteroatoms. The number of nitrogens with zero attached hydrogens (tertiary/aromatic N) is 4. The SMILES string of the molecule is [2H]c1c([2H])c([2H])c2c(c1[2H])-c1c([2H])c([2H])c([2H])c([2H])c1C21c2ccccc2-c2cccc(-c3ccc4c(c3)B3c5ccc(-n6c7ccc(C(C)(C)C)cc7c7cc(C(C)(C)C)ccc76)cc5N(c5ccc(C(C)(C)C)cc5-c5ccccc5)c5cc(-n6c7ccc(C(C)(C)C)cc7c7cc(C(C)(C)C)ccc76)cc(c53)N4c3c(-c4ccccc4)cc(-c4ccccc4)cc3-c3ccccc3)c21. The molecule has 1 spiro atoms. The summed E-state index contributed by atoms with van der Waals surface area (Å²) >= 11 is 0. The van der Waals surface area contributed by atoms with Gasteiger partial charge in [-0.25, -0.2) is 0 Å². The van der Waals surface area contributed by atoms with Gasteiger partial charge in [0.1, 0.15) is 0 Å². The second kappa shape index (κ2) is 28.5. The van der Waals surface area contributed by atoms with E-state index < -0.39 is 36.3 Å². The number of hydrogen-bond donors (Lipinski definition) is 0. The number of benzene rings is 17. The van der Waals surface area contributed by atoms with Gasteiger partial charge < -0.3 is 18.9 Å². The Labute approximate surface area is 765 Å². The summed E-state index contributed by atoms with van der Waals surface area (Å²) < 4.78 is 84.1. The van der Waals surface area contributed by atoms with Crippen molar-refractivity contribution >= 4 is 101 Å². The third kappa shape index (κ3) is 12.1. The van der Waals surface area contributed by atoms with E-state index in [9.17, 15) is 11.0 Å². The van der Waals surface area contributed by atoms with Gasteiger partial charge in [0.2, 0.25) is 0 Å². The first kappa shape index (κ1) is 70.2. The molecule has 128 heavy (non-hydrogen) atoms. The third-order valence-corrected chi connectivity index (χ3v) is 28.1. The van der Waals surface area contributed by atoms with Crippen LogP contribution >= 0.6 is 0 Å². The molecule has 0 atom stereocenters. The average Bonchev–Trinajstić information content (AvgIpc) is 1.48. The molecule has 19 aromatic rings. The first-order valence-corrected chi connectivity index (χ1v) is 45.2. The summed E-state index contributed by atoms with van der Waals surface area (Å²) in [6, 6.07) is 114. The van der Waals surface area contributed by atoms with Crippen molar-refractivity contribution in [2.75, 3.05) is 9.80 Å². The van der Waals surface area contributed by atoms with E-state index in [4.69, 9.17) is 0 Å². The molecule has 4 nitrogen and oxygen atoms in total. The molecule has 17 aromatic carbocycles. The van der Waals surface area contributed by atoms with E-state index in [0.29, 0.717) is 11.1 Å². The topological polar surface area (TPSA) is 16.3 Å². The van der Waals surface area contributed by atoms with Crippen LogP contribution in [0.1, 0.15) is 165 Å². The van der Waals surface area contributed by atoms with Crippen molar-refractivity contribution in [3.05, 3.63) is 414 Å². The molecule has 0 N–H and O–H groups in total. The van der Waals surface area contributed by atoms with Crippen LogP contribution < -0.4 is 26.2 Å². The lowest BCUT2D eigenvalue weighted by atomic mass is 9.33. The maximum Gasteiger partial charge on any atom is 0.252 e. The van der Waals surface area contributed by atoms with E-state index in [0.717, 1.165) is 161 Å². The van der Waals surface area contributed by atoms with E-state index in [2.05, 4.69) is 414 Å². The van der Waals surface area contributed by atoms with Crippen molar-refractivity contribution in [3.63, 3.8) is 0 Å². The lowest BCUT2D eigenvalue weighted by molar-refractivity contribution is 0.590. The zero-order valence-electron chi connectivity index (χ0n) is 83.4. The highest BCUT2D eigenvalue weighted by molar-refractivity contribution is 7.00. The van der Waals surface area contributed by atoms with Crippen molar-refractivity contribution in [3.8, 4) is 89.3 Å². The molecule has 23 rings (SSSR count). The Hall–Kier alpha value is -14.0. The van der Waals surface area contributed by atoms with Crippen molar-refractivity contribution in [2.24, 2.45) is 0 Å². The van der Waals surface area contributed by atoms with Crippen molar-refractivity contribution < 1.29 is 11.0 Å². The van der Waals surface area contributed by atoms with E-state index in [1.807, 2.05) is 24.3 Å². The van der Waals surface area contributed by atoms with E-state index in [1.54, 1.807) is 0 Å². The van der Waals surface area contributed by atoms with Gasteiger partial charge in [-0.3, -0.25) is 0 Å². The smallest absolute Gasteiger partial charge is 0.252 e. The Kier molecular flexibility index (Phi) is 15.6. The molecular weight excluding hydrogens is 1540 g/mol. The summed E-state index contributed by atoms with van der Waals surface area (Å²) in [6.07, 6.45) is 0. The van der Waals surface area contributed by atoms with Crippen molar-refractivity contribution in [1.29, 1.82) is 0 Å². The maximum atomic E-state index is 10.4. The first-order chi connectivity index (χ1) is 65.0. The lowest BCUT2D eigenvalue weighted by Crippen LogP contribution is -2.61. The van der Waals surface area contributed by atoms with Gasteiger partial charge in [0.25, 0.3) is 6.71 Å². The summed E-state index contributed by atoms with van der Waals surface area (Å²) in [4.78, 5) is 5.24. The van der Waals surface area contributed by atoms with Crippen LogP contribution in [-0.4, -0.2) is 15.8 Å². The highest BCUT2D eigenvalue weighted by atomic mass is 15.2. The van der Waals surface area contributed by atoms with Gasteiger partial charge in [-0.2, -0.15) is 0 Å². The molecule has 0 saturated carbocycles. The molecule has 0 amide bonds. The normalized spacial score (nSPS) is 14.6. The van der Waals surface area contributed by atoms with Gasteiger partial charge in [0.15, 0.2) is 0 Å². The van der Waals surface area contributed by atoms with Gasteiger partial charge in [-0.05, 0) is 258 Å². The quantitative estimate of drug-likeness (QED) is 0.134. The number of hydrogen-bond acceptors (Lipinski definition) is 2. The lowest BCUT2D eigenvalue weighted by Gasteiger charge is -2.46. The number of fused-ring (bicyclic) bond motifs is 20. The Morgan fingerprint density at radius 1 is 0.250 bits per heavy atom. The second-order valence-electron chi connectivity index (χ2n) is 41.0. The van der Waals surface area contributed by atoms with Gasteiger partial charge in [0, 0.05) is 66.7 Å². The number of anilines is 6. The minimum absolute atomic E-state index is 0.0680. The fraction of sp³-hybridized carbons (Fsp3) is 0.171. The predicted octanol–water partition coefficient (Wildman–Crippen LogP) is 31.1. The van der Waals surface area contributed by atoms with E-state index in [1.165, 1.54) is 38.6 Å². The molecule has 0 bridgehead atoms.